The summed E-state index contributed by atoms with van der Waals surface area (Å²) in [4.78, 5) is 24.0. The van der Waals surface area contributed by atoms with Crippen LogP contribution in [0, 0.1) is 6.92 Å². The van der Waals surface area contributed by atoms with Crippen molar-refractivity contribution in [1.82, 2.24) is 29.7 Å². The third kappa shape index (κ3) is 7.43. The minimum absolute atomic E-state index is 0.0982. The van der Waals surface area contributed by atoms with Crippen LogP contribution in [0.5, 0.6) is 6.01 Å². The number of aromatic nitrogens is 4. The van der Waals surface area contributed by atoms with Crippen LogP contribution in [0.1, 0.15) is 50.7 Å². The average molecular weight is 496 g/mol. The molecular weight excluding hydrogens is 458 g/mol. The van der Waals surface area contributed by atoms with Gasteiger partial charge in [0.1, 0.15) is 5.82 Å². The molecule has 8 nitrogen and oxygen atoms in total. The summed E-state index contributed by atoms with van der Waals surface area (Å²) in [6.45, 7) is 11.7. The van der Waals surface area contributed by atoms with Gasteiger partial charge in [-0.2, -0.15) is 4.98 Å². The zero-order valence-corrected chi connectivity index (χ0v) is 22.1. The molecule has 1 N–H and O–H groups in total. The number of anilines is 2. The van der Waals surface area contributed by atoms with Crippen molar-refractivity contribution in [1.29, 1.82) is 0 Å². The number of rotatable bonds is 11. The molecule has 0 saturated carbocycles. The van der Waals surface area contributed by atoms with Crippen LogP contribution in [0.15, 0.2) is 30.7 Å². The van der Waals surface area contributed by atoms with Gasteiger partial charge in [0.15, 0.2) is 5.13 Å². The Hall–Kier alpha value is -2.62. The van der Waals surface area contributed by atoms with Crippen LogP contribution in [0.3, 0.4) is 0 Å². The third-order valence-electron chi connectivity index (χ3n) is 6.27. The van der Waals surface area contributed by atoms with Gasteiger partial charge in [-0.15, -0.1) is 0 Å². The smallest absolute Gasteiger partial charge is 0.317 e. The molecule has 0 radical (unpaired) electrons. The van der Waals surface area contributed by atoms with Crippen LogP contribution in [-0.4, -0.2) is 69.1 Å². The SMILES string of the molecule is CCCCCC(C)Oc1ncc(C)c(-c2cnc(Nc3ccc(CN4CCN(C)CC4)cn3)s2)n1. The monoisotopic (exact) mass is 495 g/mol. The van der Waals surface area contributed by atoms with E-state index in [2.05, 4.69) is 62.0 Å². The lowest BCUT2D eigenvalue weighted by Crippen LogP contribution is -2.43. The molecule has 3 aromatic rings. The Balaban J connectivity index is 1.35. The maximum atomic E-state index is 5.98. The summed E-state index contributed by atoms with van der Waals surface area (Å²) < 4.78 is 5.98. The molecule has 1 saturated heterocycles. The Bertz CT molecular complexity index is 1060. The van der Waals surface area contributed by atoms with Gasteiger partial charge < -0.3 is 15.0 Å². The Labute approximate surface area is 212 Å². The van der Waals surface area contributed by atoms with Crippen LogP contribution in [0.4, 0.5) is 10.9 Å². The van der Waals surface area contributed by atoms with Crippen molar-refractivity contribution in [2.75, 3.05) is 38.5 Å². The molecule has 4 rings (SSSR count). The molecule has 9 heteroatoms. The summed E-state index contributed by atoms with van der Waals surface area (Å²) in [5, 5.41) is 4.11. The van der Waals surface area contributed by atoms with Gasteiger partial charge in [-0.25, -0.2) is 15.0 Å². The van der Waals surface area contributed by atoms with Gasteiger partial charge in [0, 0.05) is 51.3 Å². The molecule has 1 aliphatic heterocycles. The molecule has 188 valence electrons. The Morgan fingerprint density at radius 3 is 2.63 bits per heavy atom. The number of likely N-dealkylation sites (N-methyl/N-ethyl adjacent to an activating group) is 1. The van der Waals surface area contributed by atoms with Crippen molar-refractivity contribution in [3.8, 4) is 16.6 Å². The predicted molar refractivity (Wildman–Crippen MR) is 142 cm³/mol. The maximum Gasteiger partial charge on any atom is 0.317 e. The van der Waals surface area contributed by atoms with E-state index in [1.54, 1.807) is 11.3 Å². The quantitative estimate of drug-likeness (QED) is 0.366. The first kappa shape index (κ1) is 25.5. The van der Waals surface area contributed by atoms with Gasteiger partial charge in [0.05, 0.1) is 16.7 Å². The van der Waals surface area contributed by atoms with Crippen molar-refractivity contribution in [3.05, 3.63) is 41.9 Å². The van der Waals surface area contributed by atoms with E-state index in [-0.39, 0.29) is 6.10 Å². The molecule has 1 fully saturated rings. The molecule has 0 bridgehead atoms. The van der Waals surface area contributed by atoms with Crippen molar-refractivity contribution >= 4 is 22.3 Å². The van der Waals surface area contributed by atoms with E-state index >= 15 is 0 Å². The standard InChI is InChI=1S/C26H37N7OS/c1-5-6-7-8-20(3)34-25-28-15-19(2)24(31-25)22-17-29-26(35-22)30-23-10-9-21(16-27-23)18-33-13-11-32(4)12-14-33/h9-10,15-17,20H,5-8,11-14,18H2,1-4H3,(H,27,29,30). The van der Waals surface area contributed by atoms with Crippen LogP contribution >= 0.6 is 11.3 Å². The fourth-order valence-electron chi connectivity index (χ4n) is 4.06. The lowest BCUT2D eigenvalue weighted by Gasteiger charge is -2.32. The summed E-state index contributed by atoms with van der Waals surface area (Å²) in [6, 6.07) is 4.59. The van der Waals surface area contributed by atoms with Crippen LogP contribution in [0.25, 0.3) is 10.6 Å². The Kier molecular flexibility index (Phi) is 9.01. The minimum Gasteiger partial charge on any atom is -0.460 e. The fourth-order valence-corrected chi connectivity index (χ4v) is 4.94. The average Bonchev–Trinajstić information content (AvgIpc) is 3.31. The van der Waals surface area contributed by atoms with Crippen molar-refractivity contribution in [2.24, 2.45) is 0 Å². The highest BCUT2D eigenvalue weighted by atomic mass is 32.1. The van der Waals surface area contributed by atoms with E-state index in [1.165, 1.54) is 18.4 Å². The second-order valence-electron chi connectivity index (χ2n) is 9.39. The van der Waals surface area contributed by atoms with Gasteiger partial charge in [-0.05, 0) is 50.9 Å². The lowest BCUT2D eigenvalue weighted by molar-refractivity contribution is 0.148. The van der Waals surface area contributed by atoms with Crippen molar-refractivity contribution < 1.29 is 4.74 Å². The highest BCUT2D eigenvalue weighted by Gasteiger charge is 2.15. The van der Waals surface area contributed by atoms with Gasteiger partial charge in [-0.1, -0.05) is 37.2 Å². The summed E-state index contributed by atoms with van der Waals surface area (Å²) in [6.07, 6.45) is 10.3. The van der Waals surface area contributed by atoms with Crippen molar-refractivity contribution in [2.45, 2.75) is 59.1 Å². The number of hydrogen-bond donors (Lipinski definition) is 1. The molecular formula is C26H37N7OS. The lowest BCUT2D eigenvalue weighted by atomic mass is 10.1. The predicted octanol–water partition coefficient (Wildman–Crippen LogP) is 5.14. The number of ether oxygens (including phenoxy) is 1. The second-order valence-corrected chi connectivity index (χ2v) is 10.4. The molecule has 0 amide bonds. The molecule has 35 heavy (non-hydrogen) atoms. The topological polar surface area (TPSA) is 79.3 Å². The van der Waals surface area contributed by atoms with Gasteiger partial charge >= 0.3 is 6.01 Å². The first-order valence-corrected chi connectivity index (χ1v) is 13.4. The zero-order valence-electron chi connectivity index (χ0n) is 21.3. The highest BCUT2D eigenvalue weighted by molar-refractivity contribution is 7.18. The largest absolute Gasteiger partial charge is 0.460 e. The summed E-state index contributed by atoms with van der Waals surface area (Å²) >= 11 is 1.55. The Morgan fingerprint density at radius 1 is 1.06 bits per heavy atom. The summed E-state index contributed by atoms with van der Waals surface area (Å²) in [7, 11) is 2.18. The Morgan fingerprint density at radius 2 is 1.89 bits per heavy atom. The minimum atomic E-state index is 0.0982. The molecule has 3 aromatic heterocycles. The number of piperazine rings is 1. The van der Waals surface area contributed by atoms with Crippen LogP contribution < -0.4 is 10.1 Å². The summed E-state index contributed by atoms with van der Waals surface area (Å²) in [5.41, 5.74) is 3.09. The number of unbranched alkanes of at least 4 members (excludes halogenated alkanes) is 2. The maximum absolute atomic E-state index is 5.98. The molecule has 1 aliphatic rings. The van der Waals surface area contributed by atoms with E-state index in [4.69, 9.17) is 4.74 Å². The number of aryl methyl sites for hydroxylation is 1. The number of pyridine rings is 1. The summed E-state index contributed by atoms with van der Waals surface area (Å²) in [5.74, 6) is 0.789. The van der Waals surface area contributed by atoms with Gasteiger partial charge in [-0.3, -0.25) is 4.90 Å². The van der Waals surface area contributed by atoms with E-state index in [0.717, 1.165) is 72.6 Å². The van der Waals surface area contributed by atoms with E-state index in [9.17, 15) is 0 Å². The zero-order chi connectivity index (χ0) is 24.6. The van der Waals surface area contributed by atoms with E-state index in [0.29, 0.717) is 6.01 Å². The molecule has 0 aliphatic carbocycles. The van der Waals surface area contributed by atoms with E-state index in [1.807, 2.05) is 31.6 Å². The van der Waals surface area contributed by atoms with Gasteiger partial charge in [0.2, 0.25) is 0 Å². The molecule has 1 unspecified atom stereocenters. The van der Waals surface area contributed by atoms with Crippen LogP contribution in [0.2, 0.25) is 0 Å². The normalized spacial score (nSPS) is 15.8. The van der Waals surface area contributed by atoms with Gasteiger partial charge in [0.25, 0.3) is 0 Å². The molecule has 0 aromatic carbocycles. The second kappa shape index (κ2) is 12.4. The number of hydrogen-bond acceptors (Lipinski definition) is 9. The molecule has 1 atom stereocenters. The highest BCUT2D eigenvalue weighted by Crippen LogP contribution is 2.32. The first-order chi connectivity index (χ1) is 17.0. The van der Waals surface area contributed by atoms with Crippen LogP contribution in [-0.2, 0) is 6.54 Å². The third-order valence-corrected chi connectivity index (χ3v) is 7.19. The molecule has 4 heterocycles. The van der Waals surface area contributed by atoms with E-state index < -0.39 is 0 Å². The van der Waals surface area contributed by atoms with Crippen molar-refractivity contribution in [3.63, 3.8) is 0 Å². The molecule has 0 spiro atoms. The number of thiazole rings is 1. The first-order valence-electron chi connectivity index (χ1n) is 12.6. The number of nitrogens with one attached hydrogen (secondary N) is 1. The number of nitrogens with zero attached hydrogens (tertiary/aromatic N) is 6. The fraction of sp³-hybridized carbons (Fsp3) is 0.538.